The number of fused-ring (bicyclic) bond motifs is 1. The van der Waals surface area contributed by atoms with Crippen molar-refractivity contribution in [1.82, 2.24) is 14.7 Å². The number of halogens is 3. The second-order valence-corrected chi connectivity index (χ2v) is 7.53. The molecule has 2 fully saturated rings. The number of aliphatic carboxylic acids is 2. The Hall–Kier alpha value is -3.15. The maximum Gasteiger partial charge on any atom is 0.490 e. The fourth-order valence-corrected chi connectivity index (χ4v) is 3.60. The number of carboxylic acids is 2. The van der Waals surface area contributed by atoms with Gasteiger partial charge in [-0.1, -0.05) is 18.2 Å². The third-order valence-electron chi connectivity index (χ3n) is 5.28. The quantitative estimate of drug-likeness (QED) is 0.678. The number of piperazine rings is 1. The summed E-state index contributed by atoms with van der Waals surface area (Å²) in [4.78, 5) is 50.4. The first-order valence-corrected chi connectivity index (χ1v) is 9.77. The first-order valence-electron chi connectivity index (χ1n) is 9.77. The lowest BCUT2D eigenvalue weighted by molar-refractivity contribution is -0.192. The third kappa shape index (κ3) is 6.67. The highest BCUT2D eigenvalue weighted by atomic mass is 19.4. The van der Waals surface area contributed by atoms with Crippen molar-refractivity contribution in [2.24, 2.45) is 5.92 Å². The number of carbonyl (C=O) groups excluding carboxylic acids is 2. The standard InChI is InChI=1S/C18H23N3O4.C2HF3O2/c1-13(22)21-10-15(18(24)25)9-19-7-8-20(11-16(19)12-21)17(23)14-5-3-2-4-6-14;3-2(4,5)1(6)7/h2-6,15-16H,7-12H2,1H3,(H,24,25);(H,6,7). The number of carboxylic acid groups (broad SMARTS) is 2. The molecule has 2 heterocycles. The molecule has 0 aliphatic carbocycles. The van der Waals surface area contributed by atoms with Gasteiger partial charge in [0.15, 0.2) is 0 Å². The van der Waals surface area contributed by atoms with Crippen LogP contribution in [0.5, 0.6) is 0 Å². The van der Waals surface area contributed by atoms with E-state index in [1.165, 1.54) is 6.92 Å². The largest absolute Gasteiger partial charge is 0.490 e. The van der Waals surface area contributed by atoms with E-state index in [-0.39, 0.29) is 24.4 Å². The van der Waals surface area contributed by atoms with Crippen LogP contribution in [0.3, 0.4) is 0 Å². The monoisotopic (exact) mass is 459 g/mol. The zero-order valence-corrected chi connectivity index (χ0v) is 17.3. The molecule has 0 saturated carbocycles. The fourth-order valence-electron chi connectivity index (χ4n) is 3.60. The lowest BCUT2D eigenvalue weighted by Crippen LogP contribution is -2.57. The number of hydrogen-bond acceptors (Lipinski definition) is 5. The Morgan fingerprint density at radius 1 is 0.906 bits per heavy atom. The van der Waals surface area contributed by atoms with Gasteiger partial charge in [0.1, 0.15) is 0 Å². The Morgan fingerprint density at radius 3 is 1.97 bits per heavy atom. The summed E-state index contributed by atoms with van der Waals surface area (Å²) in [5.74, 6) is -4.37. The topological polar surface area (TPSA) is 118 Å². The van der Waals surface area contributed by atoms with Gasteiger partial charge in [-0.2, -0.15) is 13.2 Å². The van der Waals surface area contributed by atoms with E-state index in [0.717, 1.165) is 0 Å². The van der Waals surface area contributed by atoms with Crippen LogP contribution in [0.1, 0.15) is 17.3 Å². The summed E-state index contributed by atoms with van der Waals surface area (Å²) in [6, 6.07) is 9.11. The fraction of sp³-hybridized carbons (Fsp3) is 0.500. The third-order valence-corrected chi connectivity index (χ3v) is 5.28. The van der Waals surface area contributed by atoms with Crippen molar-refractivity contribution >= 4 is 23.8 Å². The van der Waals surface area contributed by atoms with Gasteiger partial charge >= 0.3 is 18.1 Å². The van der Waals surface area contributed by atoms with Gasteiger partial charge in [-0.25, -0.2) is 4.79 Å². The second-order valence-electron chi connectivity index (χ2n) is 7.53. The van der Waals surface area contributed by atoms with E-state index in [9.17, 15) is 32.7 Å². The van der Waals surface area contributed by atoms with Gasteiger partial charge < -0.3 is 20.0 Å². The van der Waals surface area contributed by atoms with Gasteiger partial charge in [-0.15, -0.1) is 0 Å². The molecule has 2 N–H and O–H groups in total. The normalized spacial score (nSPS) is 21.5. The van der Waals surface area contributed by atoms with E-state index >= 15 is 0 Å². The van der Waals surface area contributed by atoms with Crippen LogP contribution < -0.4 is 0 Å². The number of nitrogens with zero attached hydrogens (tertiary/aromatic N) is 3. The molecule has 176 valence electrons. The van der Waals surface area contributed by atoms with Gasteiger partial charge in [0.05, 0.1) is 5.92 Å². The maximum atomic E-state index is 12.7. The molecule has 1 aromatic carbocycles. The van der Waals surface area contributed by atoms with E-state index in [0.29, 0.717) is 38.3 Å². The summed E-state index contributed by atoms with van der Waals surface area (Å²) in [5.41, 5.74) is 0.649. The lowest BCUT2D eigenvalue weighted by Gasteiger charge is -2.41. The molecule has 0 aromatic heterocycles. The molecule has 0 bridgehead atoms. The van der Waals surface area contributed by atoms with E-state index in [4.69, 9.17) is 9.90 Å². The Kier molecular flexibility index (Phi) is 8.19. The molecule has 3 rings (SSSR count). The molecule has 2 aliphatic heterocycles. The SMILES string of the molecule is CC(=O)N1CC(C(=O)O)CN2CCN(C(=O)c3ccccc3)CC2C1.O=C(O)C(F)(F)F. The van der Waals surface area contributed by atoms with Crippen LogP contribution in [0.4, 0.5) is 13.2 Å². The summed E-state index contributed by atoms with van der Waals surface area (Å²) in [5, 5.41) is 16.5. The van der Waals surface area contributed by atoms with Crippen LogP contribution in [-0.4, -0.2) is 100 Å². The van der Waals surface area contributed by atoms with Crippen LogP contribution in [0.25, 0.3) is 0 Å². The summed E-state index contributed by atoms with van der Waals surface area (Å²) in [7, 11) is 0. The van der Waals surface area contributed by atoms with Gasteiger partial charge in [0.25, 0.3) is 5.91 Å². The van der Waals surface area contributed by atoms with Crippen molar-refractivity contribution < 1.29 is 42.6 Å². The highest BCUT2D eigenvalue weighted by Gasteiger charge is 2.39. The molecule has 1 aromatic rings. The van der Waals surface area contributed by atoms with E-state index in [1.54, 1.807) is 21.9 Å². The van der Waals surface area contributed by atoms with E-state index < -0.39 is 24.0 Å². The minimum absolute atomic E-state index is 0.0198. The minimum atomic E-state index is -5.08. The Labute approximate surface area is 182 Å². The van der Waals surface area contributed by atoms with Crippen LogP contribution in [0.2, 0.25) is 0 Å². The summed E-state index contributed by atoms with van der Waals surface area (Å²) < 4.78 is 31.7. The molecule has 12 heteroatoms. The molecule has 2 unspecified atom stereocenters. The molecule has 9 nitrogen and oxygen atoms in total. The molecule has 2 saturated heterocycles. The maximum absolute atomic E-state index is 12.7. The Bertz CT molecular complexity index is 849. The van der Waals surface area contributed by atoms with Crippen molar-refractivity contribution in [2.45, 2.75) is 19.1 Å². The molecule has 0 spiro atoms. The molecule has 2 aliphatic rings. The van der Waals surface area contributed by atoms with Crippen molar-refractivity contribution in [2.75, 3.05) is 39.3 Å². The van der Waals surface area contributed by atoms with Crippen molar-refractivity contribution in [3.63, 3.8) is 0 Å². The van der Waals surface area contributed by atoms with E-state index in [1.807, 2.05) is 18.2 Å². The van der Waals surface area contributed by atoms with Gasteiger partial charge in [-0.3, -0.25) is 19.3 Å². The van der Waals surface area contributed by atoms with Gasteiger partial charge in [0, 0.05) is 57.8 Å². The predicted octanol–water partition coefficient (Wildman–Crippen LogP) is 1.01. The Balaban J connectivity index is 0.000000451. The molecule has 2 atom stereocenters. The summed E-state index contributed by atoms with van der Waals surface area (Å²) in [6.07, 6.45) is -5.08. The van der Waals surface area contributed by atoms with Gasteiger partial charge in [-0.05, 0) is 12.1 Å². The zero-order chi connectivity index (χ0) is 24.1. The summed E-state index contributed by atoms with van der Waals surface area (Å²) in [6.45, 7) is 4.25. The minimum Gasteiger partial charge on any atom is -0.481 e. The van der Waals surface area contributed by atoms with Crippen LogP contribution in [0.15, 0.2) is 30.3 Å². The Morgan fingerprint density at radius 2 is 1.47 bits per heavy atom. The number of amides is 2. The number of carbonyl (C=O) groups is 4. The highest BCUT2D eigenvalue weighted by molar-refractivity contribution is 5.94. The predicted molar refractivity (Wildman–Crippen MR) is 105 cm³/mol. The van der Waals surface area contributed by atoms with E-state index in [2.05, 4.69) is 4.90 Å². The number of benzene rings is 1. The van der Waals surface area contributed by atoms with Gasteiger partial charge in [0.2, 0.25) is 5.91 Å². The first-order chi connectivity index (χ1) is 14.9. The molecular formula is C20H24F3N3O6. The average molecular weight is 459 g/mol. The van der Waals surface area contributed by atoms with Crippen molar-refractivity contribution in [3.05, 3.63) is 35.9 Å². The van der Waals surface area contributed by atoms with Crippen LogP contribution >= 0.6 is 0 Å². The second kappa shape index (κ2) is 10.4. The zero-order valence-electron chi connectivity index (χ0n) is 17.3. The molecule has 2 amide bonds. The smallest absolute Gasteiger partial charge is 0.481 e. The number of alkyl halides is 3. The molecule has 0 radical (unpaired) electrons. The summed E-state index contributed by atoms with van der Waals surface area (Å²) >= 11 is 0. The van der Waals surface area contributed by atoms with Crippen LogP contribution in [0, 0.1) is 5.92 Å². The van der Waals surface area contributed by atoms with Crippen molar-refractivity contribution in [1.29, 1.82) is 0 Å². The van der Waals surface area contributed by atoms with Crippen molar-refractivity contribution in [3.8, 4) is 0 Å². The number of rotatable bonds is 2. The molecule has 32 heavy (non-hydrogen) atoms. The number of hydrogen-bond donors (Lipinski definition) is 2. The highest BCUT2D eigenvalue weighted by Crippen LogP contribution is 2.20. The van der Waals surface area contributed by atoms with Crippen LogP contribution in [-0.2, 0) is 14.4 Å². The molecular weight excluding hydrogens is 435 g/mol. The average Bonchev–Trinajstić information content (AvgIpc) is 2.93. The first kappa shape index (κ1) is 25.1. The lowest BCUT2D eigenvalue weighted by atomic mass is 10.1.